The van der Waals surface area contributed by atoms with E-state index in [9.17, 15) is 9.59 Å². The maximum Gasteiger partial charge on any atom is 0.281 e. The molecule has 0 spiro atoms. The van der Waals surface area contributed by atoms with Crippen molar-refractivity contribution in [2.75, 3.05) is 12.0 Å². The quantitative estimate of drug-likeness (QED) is 0.751. The maximum atomic E-state index is 13.0. The summed E-state index contributed by atoms with van der Waals surface area (Å²) in [6.07, 6.45) is 4.15. The van der Waals surface area contributed by atoms with E-state index in [2.05, 4.69) is 10.4 Å². The van der Waals surface area contributed by atoms with Crippen LogP contribution in [0, 0.1) is 13.8 Å². The lowest BCUT2D eigenvalue weighted by Crippen LogP contribution is -2.37. The number of benzene rings is 1. The zero-order chi connectivity index (χ0) is 19.0. The molecule has 2 aromatic heterocycles. The SMILES string of the molecule is Cc1ccccc1OCC(=O)Nn1c(C)nc2sc3c(c2c1=O)CCCC3. The molecule has 1 amide bonds. The van der Waals surface area contributed by atoms with E-state index in [1.165, 1.54) is 9.55 Å². The Hall–Kier alpha value is -2.67. The molecule has 4 rings (SSSR count). The van der Waals surface area contributed by atoms with Gasteiger partial charge in [-0.1, -0.05) is 18.2 Å². The first-order valence-electron chi connectivity index (χ1n) is 9.07. The minimum atomic E-state index is -0.395. The summed E-state index contributed by atoms with van der Waals surface area (Å²) in [6, 6.07) is 7.49. The monoisotopic (exact) mass is 383 g/mol. The summed E-state index contributed by atoms with van der Waals surface area (Å²) in [7, 11) is 0. The third kappa shape index (κ3) is 3.35. The second-order valence-electron chi connectivity index (χ2n) is 6.78. The topological polar surface area (TPSA) is 73.2 Å². The van der Waals surface area contributed by atoms with E-state index in [-0.39, 0.29) is 12.2 Å². The van der Waals surface area contributed by atoms with Crippen LogP contribution in [-0.4, -0.2) is 22.2 Å². The Morgan fingerprint density at radius 2 is 2.04 bits per heavy atom. The first kappa shape index (κ1) is 17.7. The second kappa shape index (κ2) is 7.15. The molecule has 2 heterocycles. The van der Waals surface area contributed by atoms with E-state index < -0.39 is 5.91 Å². The largest absolute Gasteiger partial charge is 0.483 e. The zero-order valence-corrected chi connectivity index (χ0v) is 16.2. The molecule has 1 N–H and O–H groups in total. The van der Waals surface area contributed by atoms with Crippen molar-refractivity contribution >= 4 is 27.5 Å². The van der Waals surface area contributed by atoms with Gasteiger partial charge in [-0.05, 0) is 56.7 Å². The molecule has 0 fully saturated rings. The number of thiophene rings is 1. The molecule has 140 valence electrons. The summed E-state index contributed by atoms with van der Waals surface area (Å²) in [5.74, 6) is 0.723. The lowest BCUT2D eigenvalue weighted by molar-refractivity contribution is -0.119. The number of carbonyl (C=O) groups excluding carboxylic acids is 1. The van der Waals surface area contributed by atoms with Crippen LogP contribution in [0.5, 0.6) is 5.75 Å². The van der Waals surface area contributed by atoms with Crippen molar-refractivity contribution < 1.29 is 9.53 Å². The molecule has 0 atom stereocenters. The number of ether oxygens (including phenoxy) is 1. The Morgan fingerprint density at radius 1 is 1.26 bits per heavy atom. The average Bonchev–Trinajstić information content (AvgIpc) is 3.02. The summed E-state index contributed by atoms with van der Waals surface area (Å²) >= 11 is 1.60. The Kier molecular flexibility index (Phi) is 4.70. The van der Waals surface area contributed by atoms with Crippen molar-refractivity contribution in [2.24, 2.45) is 0 Å². The van der Waals surface area contributed by atoms with E-state index >= 15 is 0 Å². The minimum absolute atomic E-state index is 0.170. The molecule has 0 saturated heterocycles. The molecule has 0 bridgehead atoms. The van der Waals surface area contributed by atoms with Gasteiger partial charge in [0.25, 0.3) is 11.5 Å². The highest BCUT2D eigenvalue weighted by molar-refractivity contribution is 7.18. The fourth-order valence-electron chi connectivity index (χ4n) is 3.46. The van der Waals surface area contributed by atoms with Gasteiger partial charge in [0.05, 0.1) is 5.39 Å². The number of carbonyl (C=O) groups is 1. The molecule has 0 aliphatic heterocycles. The predicted octanol–water partition coefficient (Wildman–Crippen LogP) is 3.10. The number of rotatable bonds is 4. The van der Waals surface area contributed by atoms with Gasteiger partial charge in [0.1, 0.15) is 16.4 Å². The van der Waals surface area contributed by atoms with E-state index in [1.807, 2.05) is 31.2 Å². The second-order valence-corrected chi connectivity index (χ2v) is 7.86. The van der Waals surface area contributed by atoms with Crippen molar-refractivity contribution in [3.05, 3.63) is 56.4 Å². The number of hydrogen-bond donors (Lipinski definition) is 1. The molecule has 0 saturated carbocycles. The summed E-state index contributed by atoms with van der Waals surface area (Å²) in [4.78, 5) is 31.9. The van der Waals surface area contributed by atoms with Crippen molar-refractivity contribution in [1.82, 2.24) is 9.66 Å². The van der Waals surface area contributed by atoms with E-state index in [4.69, 9.17) is 4.74 Å². The molecule has 1 aliphatic rings. The number of fused-ring (bicyclic) bond motifs is 3. The van der Waals surface area contributed by atoms with Gasteiger partial charge in [-0.15, -0.1) is 11.3 Å². The fourth-order valence-corrected chi connectivity index (χ4v) is 4.75. The van der Waals surface area contributed by atoms with Gasteiger partial charge in [0.2, 0.25) is 0 Å². The van der Waals surface area contributed by atoms with Crippen LogP contribution in [0.2, 0.25) is 0 Å². The molecular weight excluding hydrogens is 362 g/mol. The first-order chi connectivity index (χ1) is 13.0. The average molecular weight is 383 g/mol. The Morgan fingerprint density at radius 3 is 2.85 bits per heavy atom. The zero-order valence-electron chi connectivity index (χ0n) is 15.4. The number of hydrogen-bond acceptors (Lipinski definition) is 5. The number of para-hydroxylation sites is 1. The normalized spacial score (nSPS) is 13.4. The minimum Gasteiger partial charge on any atom is -0.483 e. The molecule has 1 aromatic carbocycles. The molecular formula is C20H21N3O3S. The third-order valence-corrected chi connectivity index (χ3v) is 6.03. The van der Waals surface area contributed by atoms with Crippen LogP contribution in [0.3, 0.4) is 0 Å². The smallest absolute Gasteiger partial charge is 0.281 e. The molecule has 3 aromatic rings. The highest BCUT2D eigenvalue weighted by atomic mass is 32.1. The van der Waals surface area contributed by atoms with Crippen LogP contribution in [0.15, 0.2) is 29.1 Å². The molecule has 27 heavy (non-hydrogen) atoms. The third-order valence-electron chi connectivity index (χ3n) is 4.85. The van der Waals surface area contributed by atoms with Crippen LogP contribution < -0.4 is 15.7 Å². The first-order valence-corrected chi connectivity index (χ1v) is 9.88. The van der Waals surface area contributed by atoms with Crippen LogP contribution in [0.4, 0.5) is 0 Å². The van der Waals surface area contributed by atoms with E-state index in [0.717, 1.165) is 41.6 Å². The van der Waals surface area contributed by atoms with Crippen LogP contribution in [0.25, 0.3) is 10.2 Å². The molecule has 7 heteroatoms. The number of aromatic nitrogens is 2. The predicted molar refractivity (Wildman–Crippen MR) is 106 cm³/mol. The number of aryl methyl sites for hydroxylation is 4. The maximum absolute atomic E-state index is 13.0. The Bertz CT molecular complexity index is 1080. The molecule has 1 aliphatic carbocycles. The van der Waals surface area contributed by atoms with E-state index in [0.29, 0.717) is 17.0 Å². The van der Waals surface area contributed by atoms with Crippen molar-refractivity contribution in [2.45, 2.75) is 39.5 Å². The van der Waals surface area contributed by atoms with Gasteiger partial charge in [0.15, 0.2) is 6.61 Å². The lowest BCUT2D eigenvalue weighted by atomic mass is 9.97. The summed E-state index contributed by atoms with van der Waals surface area (Å²) in [5, 5.41) is 0.653. The van der Waals surface area contributed by atoms with Gasteiger partial charge in [0, 0.05) is 4.88 Å². The Balaban J connectivity index is 1.59. The van der Waals surface area contributed by atoms with Crippen LogP contribution in [0.1, 0.15) is 34.7 Å². The van der Waals surface area contributed by atoms with Gasteiger partial charge in [-0.2, -0.15) is 0 Å². The fraction of sp³-hybridized carbons (Fsp3) is 0.350. The van der Waals surface area contributed by atoms with Crippen LogP contribution >= 0.6 is 11.3 Å². The lowest BCUT2D eigenvalue weighted by Gasteiger charge is -2.13. The van der Waals surface area contributed by atoms with Gasteiger partial charge in [-0.25, -0.2) is 9.66 Å². The highest BCUT2D eigenvalue weighted by Gasteiger charge is 2.21. The van der Waals surface area contributed by atoms with Gasteiger partial charge in [-0.3, -0.25) is 15.0 Å². The summed E-state index contributed by atoms with van der Waals surface area (Å²) in [6.45, 7) is 3.47. The number of amides is 1. The van der Waals surface area contributed by atoms with E-state index in [1.54, 1.807) is 18.3 Å². The summed E-state index contributed by atoms with van der Waals surface area (Å²) < 4.78 is 6.81. The molecule has 0 radical (unpaired) electrons. The summed E-state index contributed by atoms with van der Waals surface area (Å²) in [5.41, 5.74) is 4.49. The molecule has 6 nitrogen and oxygen atoms in total. The van der Waals surface area contributed by atoms with Gasteiger partial charge < -0.3 is 4.74 Å². The Labute approximate surface area is 160 Å². The standard InChI is InChI=1S/C20H21N3O3S/c1-12-7-3-5-9-15(12)26-11-17(24)22-23-13(2)21-19-18(20(23)25)14-8-4-6-10-16(14)27-19/h3,5,7,9H,4,6,8,10-11H2,1-2H3,(H,22,24). The van der Waals surface area contributed by atoms with Crippen molar-refractivity contribution in [3.63, 3.8) is 0 Å². The number of nitrogens with one attached hydrogen (secondary N) is 1. The highest BCUT2D eigenvalue weighted by Crippen LogP contribution is 2.33. The molecule has 0 unspecified atom stereocenters. The van der Waals surface area contributed by atoms with Crippen molar-refractivity contribution in [3.8, 4) is 5.75 Å². The van der Waals surface area contributed by atoms with Crippen molar-refractivity contribution in [1.29, 1.82) is 0 Å². The van der Waals surface area contributed by atoms with Crippen LogP contribution in [-0.2, 0) is 17.6 Å². The van der Waals surface area contributed by atoms with Gasteiger partial charge >= 0.3 is 0 Å². The number of nitrogens with zero attached hydrogens (tertiary/aromatic N) is 2.